The Bertz CT molecular complexity index is 782. The van der Waals surface area contributed by atoms with Crippen molar-refractivity contribution in [3.05, 3.63) is 59.1 Å². The molecule has 1 atom stereocenters. The second kappa shape index (κ2) is 8.95. The molecule has 6 nitrogen and oxygen atoms in total. The van der Waals surface area contributed by atoms with Gasteiger partial charge in [-0.25, -0.2) is 0 Å². The van der Waals surface area contributed by atoms with Crippen molar-refractivity contribution in [1.82, 2.24) is 19.8 Å². The molecular formula is C20H23ClN4O2. The van der Waals surface area contributed by atoms with Gasteiger partial charge in [-0.1, -0.05) is 23.7 Å². The van der Waals surface area contributed by atoms with Crippen molar-refractivity contribution < 1.29 is 9.59 Å². The zero-order valence-corrected chi connectivity index (χ0v) is 16.1. The third kappa shape index (κ3) is 5.26. The molecule has 2 aromatic rings. The van der Waals surface area contributed by atoms with Crippen LogP contribution in [-0.2, 0) is 22.6 Å². The summed E-state index contributed by atoms with van der Waals surface area (Å²) < 4.78 is 0. The normalized spacial score (nSPS) is 17.0. The highest BCUT2D eigenvalue weighted by molar-refractivity contribution is 6.30. The van der Waals surface area contributed by atoms with Crippen LogP contribution in [0.1, 0.15) is 24.1 Å². The molecule has 0 unspecified atom stereocenters. The fourth-order valence-electron chi connectivity index (χ4n) is 3.29. The van der Waals surface area contributed by atoms with Gasteiger partial charge in [-0.3, -0.25) is 19.6 Å². The molecule has 0 spiro atoms. The average molecular weight is 387 g/mol. The van der Waals surface area contributed by atoms with Crippen LogP contribution in [0, 0.1) is 5.92 Å². The minimum Gasteiger partial charge on any atom is -0.342 e. The van der Waals surface area contributed by atoms with Crippen LogP contribution in [0.2, 0.25) is 5.02 Å². The Labute approximate surface area is 164 Å². The van der Waals surface area contributed by atoms with Crippen molar-refractivity contribution in [2.45, 2.75) is 25.8 Å². The van der Waals surface area contributed by atoms with Crippen molar-refractivity contribution >= 4 is 23.4 Å². The fourth-order valence-corrected chi connectivity index (χ4v) is 3.42. The van der Waals surface area contributed by atoms with E-state index in [-0.39, 0.29) is 17.7 Å². The van der Waals surface area contributed by atoms with Crippen LogP contribution in [0.5, 0.6) is 0 Å². The van der Waals surface area contributed by atoms with E-state index in [1.165, 1.54) is 0 Å². The summed E-state index contributed by atoms with van der Waals surface area (Å²) in [6, 6.07) is 7.63. The van der Waals surface area contributed by atoms with Gasteiger partial charge in [0.25, 0.3) is 0 Å². The van der Waals surface area contributed by atoms with Gasteiger partial charge in [0.15, 0.2) is 0 Å². The Morgan fingerprint density at radius 3 is 2.78 bits per heavy atom. The molecule has 0 N–H and O–H groups in total. The van der Waals surface area contributed by atoms with Crippen LogP contribution >= 0.6 is 11.6 Å². The van der Waals surface area contributed by atoms with Gasteiger partial charge in [-0.15, -0.1) is 0 Å². The van der Waals surface area contributed by atoms with Gasteiger partial charge in [0, 0.05) is 44.0 Å². The monoisotopic (exact) mass is 386 g/mol. The molecule has 2 heterocycles. The molecule has 142 valence electrons. The zero-order valence-electron chi connectivity index (χ0n) is 15.3. The molecule has 2 amide bonds. The lowest BCUT2D eigenvalue weighted by Gasteiger charge is -2.34. The Morgan fingerprint density at radius 2 is 2.07 bits per heavy atom. The number of likely N-dealkylation sites (tertiary alicyclic amines) is 1. The van der Waals surface area contributed by atoms with Gasteiger partial charge >= 0.3 is 0 Å². The number of hydrogen-bond donors (Lipinski definition) is 0. The third-order valence-electron chi connectivity index (χ3n) is 4.83. The molecule has 0 radical (unpaired) electrons. The molecule has 1 aromatic carbocycles. The Morgan fingerprint density at radius 1 is 1.30 bits per heavy atom. The standard InChI is InChI=1S/C20H23ClN4O2/c1-24(14-18-12-22-9-10-23-18)20(27)16-4-7-19(26)25(13-16)11-8-15-2-5-17(21)6-3-15/h2-3,5-6,9-10,12,16H,4,7-8,11,13-14H2,1H3/t16-/m0/s1. The maximum absolute atomic E-state index is 12.8. The smallest absolute Gasteiger partial charge is 0.227 e. The van der Waals surface area contributed by atoms with E-state index in [2.05, 4.69) is 9.97 Å². The summed E-state index contributed by atoms with van der Waals surface area (Å²) in [5.74, 6) is -0.0103. The van der Waals surface area contributed by atoms with Crippen LogP contribution in [0.4, 0.5) is 0 Å². The third-order valence-corrected chi connectivity index (χ3v) is 5.08. The van der Waals surface area contributed by atoms with Gasteiger partial charge in [-0.05, 0) is 30.5 Å². The highest BCUT2D eigenvalue weighted by Gasteiger charge is 2.31. The van der Waals surface area contributed by atoms with E-state index in [0.717, 1.165) is 17.7 Å². The highest BCUT2D eigenvalue weighted by atomic mass is 35.5. The average Bonchev–Trinajstić information content (AvgIpc) is 2.69. The number of halogens is 1. The first-order valence-electron chi connectivity index (χ1n) is 9.05. The topological polar surface area (TPSA) is 66.4 Å². The van der Waals surface area contributed by atoms with E-state index < -0.39 is 0 Å². The van der Waals surface area contributed by atoms with E-state index in [0.29, 0.717) is 37.5 Å². The number of piperidine rings is 1. The van der Waals surface area contributed by atoms with Gasteiger partial charge in [0.1, 0.15) is 0 Å². The summed E-state index contributed by atoms with van der Waals surface area (Å²) >= 11 is 5.91. The summed E-state index contributed by atoms with van der Waals surface area (Å²) in [5, 5.41) is 0.699. The predicted molar refractivity (Wildman–Crippen MR) is 103 cm³/mol. The number of hydrogen-bond acceptors (Lipinski definition) is 4. The second-order valence-electron chi connectivity index (χ2n) is 6.84. The van der Waals surface area contributed by atoms with Crippen LogP contribution in [-0.4, -0.2) is 51.7 Å². The summed E-state index contributed by atoms with van der Waals surface area (Å²) in [7, 11) is 1.77. The molecule has 7 heteroatoms. The lowest BCUT2D eigenvalue weighted by molar-refractivity contribution is -0.142. The van der Waals surface area contributed by atoms with E-state index in [4.69, 9.17) is 11.6 Å². The number of carbonyl (C=O) groups is 2. The van der Waals surface area contributed by atoms with Gasteiger partial charge in [-0.2, -0.15) is 0 Å². The number of benzene rings is 1. The van der Waals surface area contributed by atoms with Crippen LogP contribution in [0.25, 0.3) is 0 Å². The molecule has 1 fully saturated rings. The maximum atomic E-state index is 12.8. The predicted octanol–water partition coefficient (Wildman–Crippen LogP) is 2.57. The molecule has 1 aliphatic rings. The molecule has 0 aliphatic carbocycles. The number of aromatic nitrogens is 2. The largest absolute Gasteiger partial charge is 0.342 e. The number of rotatable bonds is 6. The van der Waals surface area contributed by atoms with Crippen molar-refractivity contribution in [3.8, 4) is 0 Å². The fraction of sp³-hybridized carbons (Fsp3) is 0.400. The molecule has 1 aliphatic heterocycles. The highest BCUT2D eigenvalue weighted by Crippen LogP contribution is 2.21. The van der Waals surface area contributed by atoms with Crippen molar-refractivity contribution in [2.24, 2.45) is 5.92 Å². The van der Waals surface area contributed by atoms with Gasteiger partial charge in [0.2, 0.25) is 11.8 Å². The van der Waals surface area contributed by atoms with E-state index in [1.807, 2.05) is 24.3 Å². The van der Waals surface area contributed by atoms with E-state index in [1.54, 1.807) is 35.4 Å². The molecule has 0 bridgehead atoms. The summed E-state index contributed by atoms with van der Waals surface area (Å²) in [6.45, 7) is 1.50. The Hall–Kier alpha value is -2.47. The van der Waals surface area contributed by atoms with Crippen molar-refractivity contribution in [1.29, 1.82) is 0 Å². The lowest BCUT2D eigenvalue weighted by atomic mass is 9.95. The maximum Gasteiger partial charge on any atom is 0.227 e. The number of nitrogens with zero attached hydrogens (tertiary/aromatic N) is 4. The summed E-state index contributed by atoms with van der Waals surface area (Å²) in [4.78, 5) is 36.8. The molecule has 1 aromatic heterocycles. The SMILES string of the molecule is CN(Cc1cnccn1)C(=O)[C@H]1CCC(=O)N(CCc2ccc(Cl)cc2)C1. The summed E-state index contributed by atoms with van der Waals surface area (Å²) in [6.07, 6.45) is 6.64. The van der Waals surface area contributed by atoms with E-state index in [9.17, 15) is 9.59 Å². The first-order chi connectivity index (χ1) is 13.0. The number of amides is 2. The van der Waals surface area contributed by atoms with Crippen LogP contribution < -0.4 is 0 Å². The van der Waals surface area contributed by atoms with Gasteiger partial charge < -0.3 is 9.80 Å². The second-order valence-corrected chi connectivity index (χ2v) is 7.28. The van der Waals surface area contributed by atoms with Crippen molar-refractivity contribution in [3.63, 3.8) is 0 Å². The minimum atomic E-state index is -0.172. The quantitative estimate of drug-likeness (QED) is 0.765. The van der Waals surface area contributed by atoms with Crippen molar-refractivity contribution in [2.75, 3.05) is 20.1 Å². The lowest BCUT2D eigenvalue weighted by Crippen LogP contribution is -2.46. The Kier molecular flexibility index (Phi) is 6.40. The minimum absolute atomic E-state index is 0.0460. The molecular weight excluding hydrogens is 364 g/mol. The first kappa shape index (κ1) is 19.3. The molecule has 27 heavy (non-hydrogen) atoms. The van der Waals surface area contributed by atoms with Crippen LogP contribution in [0.3, 0.4) is 0 Å². The molecule has 0 saturated carbocycles. The van der Waals surface area contributed by atoms with E-state index >= 15 is 0 Å². The Balaban J connectivity index is 1.56. The van der Waals surface area contributed by atoms with Crippen LogP contribution in [0.15, 0.2) is 42.9 Å². The number of carbonyl (C=O) groups excluding carboxylic acids is 2. The van der Waals surface area contributed by atoms with Gasteiger partial charge in [0.05, 0.1) is 24.4 Å². The molecule has 3 rings (SSSR count). The molecule has 1 saturated heterocycles. The first-order valence-corrected chi connectivity index (χ1v) is 9.43. The summed E-state index contributed by atoms with van der Waals surface area (Å²) in [5.41, 5.74) is 1.88. The zero-order chi connectivity index (χ0) is 19.2.